The van der Waals surface area contributed by atoms with Gasteiger partial charge in [0, 0.05) is 0 Å². The largest absolute Gasteiger partial charge is 0.410 e. The summed E-state index contributed by atoms with van der Waals surface area (Å²) >= 11 is 0. The number of hydrogen-bond donors (Lipinski definition) is 2. The molecule has 0 spiro atoms. The van der Waals surface area contributed by atoms with Crippen molar-refractivity contribution in [3.8, 4) is 0 Å². The lowest BCUT2D eigenvalue weighted by molar-refractivity contribution is -0.112. The van der Waals surface area contributed by atoms with E-state index in [1.54, 1.807) is 0 Å². The van der Waals surface area contributed by atoms with Crippen LogP contribution >= 0.6 is 0 Å². The fraction of sp³-hybridized carbons (Fsp3) is 0.600. The summed E-state index contributed by atoms with van der Waals surface area (Å²) in [4.78, 5) is 10.3. The summed E-state index contributed by atoms with van der Waals surface area (Å²) < 4.78 is 0. The first-order chi connectivity index (χ1) is 4.22. The van der Waals surface area contributed by atoms with Crippen LogP contribution < -0.4 is 5.73 Å². The van der Waals surface area contributed by atoms with Gasteiger partial charge in [-0.2, -0.15) is 0 Å². The Morgan fingerprint density at radius 2 is 2.33 bits per heavy atom. The maximum absolute atomic E-state index is 10.3. The van der Waals surface area contributed by atoms with E-state index < -0.39 is 5.91 Å². The van der Waals surface area contributed by atoms with Gasteiger partial charge in [-0.25, -0.2) is 0 Å². The van der Waals surface area contributed by atoms with E-state index in [4.69, 9.17) is 10.9 Å². The minimum atomic E-state index is -0.653. The van der Waals surface area contributed by atoms with Crippen LogP contribution in [0.2, 0.25) is 0 Å². The minimum absolute atomic E-state index is 0.0394. The monoisotopic (exact) mass is 130 g/mol. The SMILES string of the molecule is CCC/C(=N/O)C(N)=O. The predicted octanol–water partition coefficient (Wildman–Crippen LogP) is 0.102. The molecule has 4 heteroatoms. The first-order valence-electron chi connectivity index (χ1n) is 2.73. The lowest BCUT2D eigenvalue weighted by Crippen LogP contribution is -2.22. The van der Waals surface area contributed by atoms with Gasteiger partial charge < -0.3 is 10.9 Å². The molecule has 0 radical (unpaired) electrons. The first kappa shape index (κ1) is 7.94. The van der Waals surface area contributed by atoms with Crippen LogP contribution in [0.5, 0.6) is 0 Å². The number of amides is 1. The summed E-state index contributed by atoms with van der Waals surface area (Å²) in [6, 6.07) is 0. The predicted molar refractivity (Wildman–Crippen MR) is 33.3 cm³/mol. The van der Waals surface area contributed by atoms with Crippen molar-refractivity contribution in [3.63, 3.8) is 0 Å². The lowest BCUT2D eigenvalue weighted by atomic mass is 10.2. The fourth-order valence-electron chi connectivity index (χ4n) is 0.459. The summed E-state index contributed by atoms with van der Waals surface area (Å²) in [5.41, 5.74) is 4.84. The molecule has 9 heavy (non-hydrogen) atoms. The highest BCUT2D eigenvalue weighted by Gasteiger charge is 2.03. The molecule has 0 atom stereocenters. The van der Waals surface area contributed by atoms with Crippen LogP contribution in [0.3, 0.4) is 0 Å². The molecular weight excluding hydrogens is 120 g/mol. The van der Waals surface area contributed by atoms with Crippen molar-refractivity contribution in [1.29, 1.82) is 0 Å². The number of hydrogen-bond acceptors (Lipinski definition) is 3. The van der Waals surface area contributed by atoms with E-state index in [1.165, 1.54) is 0 Å². The molecule has 1 amide bonds. The zero-order chi connectivity index (χ0) is 7.28. The Morgan fingerprint density at radius 3 is 2.44 bits per heavy atom. The number of nitrogens with zero attached hydrogens (tertiary/aromatic N) is 1. The Kier molecular flexibility index (Phi) is 3.43. The molecule has 0 aliphatic heterocycles. The van der Waals surface area contributed by atoms with Gasteiger partial charge in [-0.1, -0.05) is 18.5 Å². The molecule has 0 saturated carbocycles. The number of rotatable bonds is 3. The third-order valence-electron chi connectivity index (χ3n) is 0.892. The van der Waals surface area contributed by atoms with Crippen molar-refractivity contribution in [1.82, 2.24) is 0 Å². The number of carbonyl (C=O) groups is 1. The standard InChI is InChI=1S/C5H10N2O2/c1-2-3-4(7-9)5(6)8/h9H,2-3H2,1H3,(H2,6,8)/b7-4-. The molecule has 0 aromatic heterocycles. The Hall–Kier alpha value is -1.06. The molecule has 0 aliphatic carbocycles. The van der Waals surface area contributed by atoms with Crippen LogP contribution in [0.25, 0.3) is 0 Å². The highest BCUT2D eigenvalue weighted by Crippen LogP contribution is 1.89. The van der Waals surface area contributed by atoms with Crippen molar-refractivity contribution < 1.29 is 10.0 Å². The van der Waals surface area contributed by atoms with E-state index >= 15 is 0 Å². The molecule has 0 rings (SSSR count). The molecule has 0 heterocycles. The van der Waals surface area contributed by atoms with Crippen LogP contribution in [0, 0.1) is 0 Å². The Morgan fingerprint density at radius 1 is 1.78 bits per heavy atom. The zero-order valence-corrected chi connectivity index (χ0v) is 5.29. The minimum Gasteiger partial charge on any atom is -0.410 e. The maximum atomic E-state index is 10.3. The second kappa shape index (κ2) is 3.88. The van der Waals surface area contributed by atoms with Gasteiger partial charge in [0.15, 0.2) is 0 Å². The van der Waals surface area contributed by atoms with Gasteiger partial charge in [-0.15, -0.1) is 0 Å². The quantitative estimate of drug-likeness (QED) is 0.323. The number of carbonyl (C=O) groups excluding carboxylic acids is 1. The third kappa shape index (κ3) is 2.69. The second-order valence-electron chi connectivity index (χ2n) is 1.66. The molecule has 0 aromatic rings. The zero-order valence-electron chi connectivity index (χ0n) is 5.29. The molecule has 0 unspecified atom stereocenters. The highest BCUT2D eigenvalue weighted by molar-refractivity contribution is 6.38. The van der Waals surface area contributed by atoms with Crippen LogP contribution in [0.4, 0.5) is 0 Å². The van der Waals surface area contributed by atoms with Gasteiger partial charge >= 0.3 is 0 Å². The molecule has 0 fully saturated rings. The maximum Gasteiger partial charge on any atom is 0.266 e. The summed E-state index contributed by atoms with van der Waals surface area (Å²) in [5.74, 6) is -0.653. The van der Waals surface area contributed by atoms with Crippen molar-refractivity contribution in [2.75, 3.05) is 0 Å². The normalized spacial score (nSPS) is 11.4. The molecule has 3 N–H and O–H groups in total. The first-order valence-corrected chi connectivity index (χ1v) is 2.73. The van der Waals surface area contributed by atoms with E-state index in [9.17, 15) is 4.79 Å². The Labute approximate surface area is 53.3 Å². The van der Waals surface area contributed by atoms with Gasteiger partial charge in [-0.05, 0) is 6.42 Å². The van der Waals surface area contributed by atoms with Crippen LogP contribution in [0.1, 0.15) is 19.8 Å². The number of oxime groups is 1. The van der Waals surface area contributed by atoms with E-state index in [0.29, 0.717) is 6.42 Å². The molecule has 0 aliphatic rings. The smallest absolute Gasteiger partial charge is 0.266 e. The van der Waals surface area contributed by atoms with Gasteiger partial charge in [-0.3, -0.25) is 4.79 Å². The fourth-order valence-corrected chi connectivity index (χ4v) is 0.459. The number of primary amides is 1. The van der Waals surface area contributed by atoms with Gasteiger partial charge in [0.05, 0.1) is 0 Å². The van der Waals surface area contributed by atoms with Crippen molar-refractivity contribution >= 4 is 11.6 Å². The molecule has 0 bridgehead atoms. The third-order valence-corrected chi connectivity index (χ3v) is 0.892. The van der Waals surface area contributed by atoms with E-state index in [1.807, 2.05) is 6.92 Å². The summed E-state index contributed by atoms with van der Waals surface area (Å²) in [6.45, 7) is 1.87. The topological polar surface area (TPSA) is 75.7 Å². The van der Waals surface area contributed by atoms with Crippen molar-refractivity contribution in [3.05, 3.63) is 0 Å². The van der Waals surface area contributed by atoms with E-state index in [2.05, 4.69) is 5.16 Å². The summed E-state index contributed by atoms with van der Waals surface area (Å²) in [6.07, 6.45) is 1.19. The molecular formula is C5H10N2O2. The van der Waals surface area contributed by atoms with Crippen molar-refractivity contribution in [2.45, 2.75) is 19.8 Å². The van der Waals surface area contributed by atoms with Crippen LogP contribution in [0.15, 0.2) is 5.16 Å². The van der Waals surface area contributed by atoms with Gasteiger partial charge in [0.25, 0.3) is 5.91 Å². The molecule has 4 nitrogen and oxygen atoms in total. The molecule has 52 valence electrons. The lowest BCUT2D eigenvalue weighted by Gasteiger charge is -1.93. The van der Waals surface area contributed by atoms with E-state index in [0.717, 1.165) is 6.42 Å². The Balaban J connectivity index is 3.85. The Bertz CT molecular complexity index is 131. The molecule has 0 saturated heterocycles. The second-order valence-corrected chi connectivity index (χ2v) is 1.66. The van der Waals surface area contributed by atoms with E-state index in [-0.39, 0.29) is 5.71 Å². The number of nitrogens with two attached hydrogens (primary N) is 1. The van der Waals surface area contributed by atoms with Gasteiger partial charge in [0.1, 0.15) is 5.71 Å². The van der Waals surface area contributed by atoms with Crippen molar-refractivity contribution in [2.24, 2.45) is 10.9 Å². The average molecular weight is 130 g/mol. The van der Waals surface area contributed by atoms with Gasteiger partial charge in [0.2, 0.25) is 0 Å². The highest BCUT2D eigenvalue weighted by atomic mass is 16.4. The average Bonchev–Trinajstić information content (AvgIpc) is 1.82. The molecule has 0 aromatic carbocycles. The van der Waals surface area contributed by atoms with Crippen LogP contribution in [-0.4, -0.2) is 16.8 Å². The summed E-state index contributed by atoms with van der Waals surface area (Å²) in [7, 11) is 0. The summed E-state index contributed by atoms with van der Waals surface area (Å²) in [5, 5.41) is 10.8. The van der Waals surface area contributed by atoms with Crippen LogP contribution in [-0.2, 0) is 4.79 Å².